The minimum atomic E-state index is -2.87. The lowest BCUT2D eigenvalue weighted by molar-refractivity contribution is -0.389. The van der Waals surface area contributed by atoms with Crippen molar-refractivity contribution in [3.8, 4) is 0 Å². The molecule has 1 aromatic rings. The maximum atomic E-state index is 12.3. The summed E-state index contributed by atoms with van der Waals surface area (Å²) in [6, 6.07) is 0.657. The molecule has 0 bridgehead atoms. The average molecular weight is 268 g/mol. The van der Waals surface area contributed by atoms with Gasteiger partial charge in [0.1, 0.15) is 5.69 Å². The number of alkyl halides is 2. The Bertz CT molecular complexity index is 386. The minimum absolute atomic E-state index is 0.151. The van der Waals surface area contributed by atoms with E-state index < -0.39 is 22.7 Å². The van der Waals surface area contributed by atoms with Gasteiger partial charge in [-0.3, -0.25) is 0 Å². The van der Waals surface area contributed by atoms with Gasteiger partial charge in [0.25, 0.3) is 6.43 Å². The molecule has 0 atom stereocenters. The van der Waals surface area contributed by atoms with E-state index >= 15 is 0 Å². The van der Waals surface area contributed by atoms with Gasteiger partial charge >= 0.3 is 5.82 Å². The number of nitro groups is 1. The van der Waals surface area contributed by atoms with E-state index in [4.69, 9.17) is 5.73 Å². The molecule has 1 heterocycles. The van der Waals surface area contributed by atoms with Crippen LogP contribution < -0.4 is 5.73 Å². The quantitative estimate of drug-likeness (QED) is 0.506. The van der Waals surface area contributed by atoms with E-state index in [2.05, 4.69) is 20.9 Å². The number of pyridine rings is 1. The summed E-state index contributed by atoms with van der Waals surface area (Å²) in [6.07, 6.45) is -2.87. The molecule has 0 unspecified atom stereocenters. The van der Waals surface area contributed by atoms with E-state index in [1.807, 2.05) is 0 Å². The van der Waals surface area contributed by atoms with Crippen LogP contribution >= 0.6 is 15.9 Å². The van der Waals surface area contributed by atoms with Crippen LogP contribution in [0.1, 0.15) is 12.0 Å². The fraction of sp³-hybridized carbons (Fsp3) is 0.167. The first-order valence-electron chi connectivity index (χ1n) is 3.32. The summed E-state index contributed by atoms with van der Waals surface area (Å²) < 4.78 is 24.4. The van der Waals surface area contributed by atoms with Crippen molar-refractivity contribution < 1.29 is 13.7 Å². The number of nitrogen functional groups attached to an aromatic ring is 1. The largest absolute Gasteiger partial charge is 0.394 e. The SMILES string of the molecule is Nc1c(C(F)F)cc([N+](=O)[O-])nc1Br. The smallest absolute Gasteiger partial charge is 0.365 e. The van der Waals surface area contributed by atoms with E-state index in [9.17, 15) is 18.9 Å². The molecular formula is C6H4BrF2N3O2. The Kier molecular flexibility index (Phi) is 2.94. The van der Waals surface area contributed by atoms with Gasteiger partial charge < -0.3 is 15.8 Å². The number of halogens is 3. The third kappa shape index (κ3) is 1.95. The van der Waals surface area contributed by atoms with Crippen LogP contribution in [0.5, 0.6) is 0 Å². The van der Waals surface area contributed by atoms with Crippen molar-refractivity contribution in [2.24, 2.45) is 0 Å². The standard InChI is InChI=1S/C6H4BrF2N3O2/c7-5-4(10)2(6(8)9)1-3(11-5)12(13)14/h1,6H,10H2. The topological polar surface area (TPSA) is 82.0 Å². The van der Waals surface area contributed by atoms with Crippen molar-refractivity contribution in [2.75, 3.05) is 5.73 Å². The predicted molar refractivity (Wildman–Crippen MR) is 48.0 cm³/mol. The van der Waals surface area contributed by atoms with E-state index in [1.54, 1.807) is 0 Å². The normalized spacial score (nSPS) is 10.6. The number of hydrogen-bond donors (Lipinski definition) is 1. The second-order valence-electron chi connectivity index (χ2n) is 2.33. The van der Waals surface area contributed by atoms with E-state index in [0.717, 1.165) is 0 Å². The zero-order valence-corrected chi connectivity index (χ0v) is 8.16. The average Bonchev–Trinajstić information content (AvgIpc) is 2.08. The van der Waals surface area contributed by atoms with Crippen LogP contribution in [0.4, 0.5) is 20.3 Å². The molecule has 5 nitrogen and oxygen atoms in total. The lowest BCUT2D eigenvalue weighted by Gasteiger charge is -2.03. The van der Waals surface area contributed by atoms with Crippen molar-refractivity contribution >= 4 is 27.4 Å². The van der Waals surface area contributed by atoms with Gasteiger partial charge in [-0.25, -0.2) is 8.78 Å². The fourth-order valence-corrected chi connectivity index (χ4v) is 1.21. The second kappa shape index (κ2) is 3.82. The molecule has 0 saturated carbocycles. The van der Waals surface area contributed by atoms with Crippen LogP contribution in [0, 0.1) is 10.1 Å². The monoisotopic (exact) mass is 267 g/mol. The van der Waals surface area contributed by atoms with Crippen molar-refractivity contribution in [2.45, 2.75) is 6.43 Å². The summed E-state index contributed by atoms with van der Waals surface area (Å²) >= 11 is 2.76. The highest BCUT2D eigenvalue weighted by Crippen LogP contribution is 2.32. The van der Waals surface area contributed by atoms with Crippen LogP contribution in [0.25, 0.3) is 0 Å². The lowest BCUT2D eigenvalue weighted by atomic mass is 10.2. The fourth-order valence-electron chi connectivity index (χ4n) is 0.803. The number of rotatable bonds is 2. The highest BCUT2D eigenvalue weighted by atomic mass is 79.9. The zero-order chi connectivity index (χ0) is 10.9. The molecule has 0 amide bonds. The number of nitrogens with zero attached hydrogens (tertiary/aromatic N) is 2. The Morgan fingerprint density at radius 1 is 1.64 bits per heavy atom. The molecule has 0 spiro atoms. The number of anilines is 1. The minimum Gasteiger partial charge on any atom is -0.394 e. The molecule has 0 aliphatic heterocycles. The maximum Gasteiger partial charge on any atom is 0.365 e. The van der Waals surface area contributed by atoms with Gasteiger partial charge in [-0.05, 0) is 9.91 Å². The number of aromatic nitrogens is 1. The van der Waals surface area contributed by atoms with Crippen molar-refractivity contribution in [3.63, 3.8) is 0 Å². The summed E-state index contributed by atoms with van der Waals surface area (Å²) in [5.74, 6) is -0.665. The Morgan fingerprint density at radius 2 is 2.21 bits per heavy atom. The molecule has 76 valence electrons. The van der Waals surface area contributed by atoms with Crippen molar-refractivity contribution in [1.29, 1.82) is 0 Å². The molecule has 0 fully saturated rings. The van der Waals surface area contributed by atoms with Gasteiger partial charge in [0, 0.05) is 22.0 Å². The van der Waals surface area contributed by atoms with E-state index in [0.29, 0.717) is 6.07 Å². The van der Waals surface area contributed by atoms with Gasteiger partial charge in [0.05, 0.1) is 5.56 Å². The molecular weight excluding hydrogens is 264 g/mol. The summed E-state index contributed by atoms with van der Waals surface area (Å²) in [7, 11) is 0. The maximum absolute atomic E-state index is 12.3. The van der Waals surface area contributed by atoms with Crippen LogP contribution in [-0.2, 0) is 0 Å². The van der Waals surface area contributed by atoms with Crippen molar-refractivity contribution in [1.82, 2.24) is 4.98 Å². The first kappa shape index (κ1) is 10.8. The molecule has 1 aromatic heterocycles. The molecule has 0 radical (unpaired) electrons. The van der Waals surface area contributed by atoms with Gasteiger partial charge in [0.2, 0.25) is 4.60 Å². The third-order valence-electron chi connectivity index (χ3n) is 1.45. The number of nitrogens with two attached hydrogens (primary N) is 1. The van der Waals surface area contributed by atoms with Crippen LogP contribution in [0.3, 0.4) is 0 Å². The molecule has 0 aliphatic carbocycles. The summed E-state index contributed by atoms with van der Waals surface area (Å²) in [5, 5.41) is 10.3. The molecule has 8 heteroatoms. The first-order chi connectivity index (χ1) is 6.43. The highest BCUT2D eigenvalue weighted by molar-refractivity contribution is 9.10. The van der Waals surface area contributed by atoms with Gasteiger partial charge in [-0.15, -0.1) is 0 Å². The van der Waals surface area contributed by atoms with E-state index in [-0.39, 0.29) is 10.3 Å². The van der Waals surface area contributed by atoms with E-state index in [1.165, 1.54) is 0 Å². The highest BCUT2D eigenvalue weighted by Gasteiger charge is 2.22. The molecule has 2 N–H and O–H groups in total. The lowest BCUT2D eigenvalue weighted by Crippen LogP contribution is -2.01. The summed E-state index contributed by atoms with van der Waals surface area (Å²) in [5.41, 5.74) is 4.36. The van der Waals surface area contributed by atoms with Crippen LogP contribution in [-0.4, -0.2) is 9.91 Å². The first-order valence-corrected chi connectivity index (χ1v) is 4.11. The molecule has 14 heavy (non-hydrogen) atoms. The van der Waals surface area contributed by atoms with Gasteiger partial charge in [-0.1, -0.05) is 0 Å². The third-order valence-corrected chi connectivity index (χ3v) is 2.06. The summed E-state index contributed by atoms with van der Waals surface area (Å²) in [6.45, 7) is 0. The second-order valence-corrected chi connectivity index (χ2v) is 3.08. The molecule has 0 aromatic carbocycles. The molecule has 0 saturated heterocycles. The Labute approximate surface area is 85.2 Å². The number of hydrogen-bond acceptors (Lipinski definition) is 4. The van der Waals surface area contributed by atoms with Crippen molar-refractivity contribution in [3.05, 3.63) is 26.3 Å². The Morgan fingerprint density at radius 3 is 2.64 bits per heavy atom. The predicted octanol–water partition coefficient (Wildman–Crippen LogP) is 2.27. The Hall–Kier alpha value is -1.31. The molecule has 1 rings (SSSR count). The van der Waals surface area contributed by atoms with Gasteiger partial charge in [-0.2, -0.15) is 0 Å². The van der Waals surface area contributed by atoms with Crippen LogP contribution in [0.2, 0.25) is 0 Å². The zero-order valence-electron chi connectivity index (χ0n) is 6.58. The van der Waals surface area contributed by atoms with Crippen LogP contribution in [0.15, 0.2) is 10.7 Å². The summed E-state index contributed by atoms with van der Waals surface area (Å²) in [4.78, 5) is 12.8. The molecule has 0 aliphatic rings. The Balaban J connectivity index is 3.35. The van der Waals surface area contributed by atoms with Gasteiger partial charge in [0.15, 0.2) is 0 Å².